The van der Waals surface area contributed by atoms with Crippen LogP contribution in [0.15, 0.2) is 48.5 Å². The van der Waals surface area contributed by atoms with Crippen LogP contribution >= 0.6 is 0 Å². The zero-order valence-corrected chi connectivity index (χ0v) is 10.2. The third-order valence-electron chi connectivity index (χ3n) is 2.82. The molecule has 0 saturated carbocycles. The van der Waals surface area contributed by atoms with Gasteiger partial charge in [0.2, 0.25) is 0 Å². The Hall–Kier alpha value is -1.96. The van der Waals surface area contributed by atoms with Crippen LogP contribution in [0.25, 0.3) is 0 Å². The number of ether oxygens (including phenoxy) is 1. The van der Waals surface area contributed by atoms with Gasteiger partial charge in [-0.3, -0.25) is 0 Å². The quantitative estimate of drug-likeness (QED) is 0.811. The molecule has 0 aliphatic carbocycles. The number of nitrogen functional groups attached to an aromatic ring is 1. The summed E-state index contributed by atoms with van der Waals surface area (Å²) in [4.78, 5) is 0. The van der Waals surface area contributed by atoms with E-state index in [9.17, 15) is 0 Å². The Balaban J connectivity index is 2.13. The molecule has 2 nitrogen and oxygen atoms in total. The fourth-order valence-electron chi connectivity index (χ4n) is 1.72. The van der Waals surface area contributed by atoms with E-state index in [1.807, 2.05) is 50.2 Å². The molecule has 0 amide bonds. The molecular formula is C15H17NO. The van der Waals surface area contributed by atoms with Crippen LogP contribution in [-0.4, -0.2) is 0 Å². The first-order valence-electron chi connectivity index (χ1n) is 5.74. The molecule has 2 heteroatoms. The van der Waals surface area contributed by atoms with Crippen molar-refractivity contribution < 1.29 is 4.74 Å². The topological polar surface area (TPSA) is 35.2 Å². The predicted molar refractivity (Wildman–Crippen MR) is 71.1 cm³/mol. The Morgan fingerprint density at radius 3 is 2.41 bits per heavy atom. The normalized spacial score (nSPS) is 12.1. The molecule has 1 atom stereocenters. The number of hydrogen-bond donors (Lipinski definition) is 1. The number of nitrogens with two attached hydrogens (primary N) is 1. The van der Waals surface area contributed by atoms with Crippen LogP contribution in [0.3, 0.4) is 0 Å². The maximum absolute atomic E-state index is 5.88. The Kier molecular flexibility index (Phi) is 3.33. The lowest BCUT2D eigenvalue weighted by Gasteiger charge is -2.15. The Morgan fingerprint density at radius 2 is 1.76 bits per heavy atom. The molecule has 0 saturated heterocycles. The van der Waals surface area contributed by atoms with E-state index >= 15 is 0 Å². The van der Waals surface area contributed by atoms with Crippen LogP contribution in [0.1, 0.15) is 24.2 Å². The molecule has 2 aromatic rings. The average Bonchev–Trinajstić information content (AvgIpc) is 2.35. The lowest BCUT2D eigenvalue weighted by Crippen LogP contribution is -2.03. The summed E-state index contributed by atoms with van der Waals surface area (Å²) < 4.78 is 5.88. The van der Waals surface area contributed by atoms with Crippen molar-refractivity contribution in [3.05, 3.63) is 59.7 Å². The van der Waals surface area contributed by atoms with Crippen LogP contribution in [0.4, 0.5) is 5.69 Å². The van der Waals surface area contributed by atoms with Crippen molar-refractivity contribution in [2.75, 3.05) is 5.73 Å². The van der Waals surface area contributed by atoms with Gasteiger partial charge in [0, 0.05) is 5.69 Å². The van der Waals surface area contributed by atoms with Crippen molar-refractivity contribution in [1.82, 2.24) is 0 Å². The minimum Gasteiger partial charge on any atom is -0.486 e. The fourth-order valence-corrected chi connectivity index (χ4v) is 1.72. The molecule has 0 fully saturated rings. The number of anilines is 1. The molecule has 0 bridgehead atoms. The van der Waals surface area contributed by atoms with E-state index in [1.54, 1.807) is 0 Å². The smallest absolute Gasteiger partial charge is 0.121 e. The fraction of sp³-hybridized carbons (Fsp3) is 0.200. The summed E-state index contributed by atoms with van der Waals surface area (Å²) >= 11 is 0. The third-order valence-corrected chi connectivity index (χ3v) is 2.82. The van der Waals surface area contributed by atoms with E-state index in [-0.39, 0.29) is 6.10 Å². The molecule has 0 spiro atoms. The SMILES string of the molecule is Cc1cc(O[C@@H](C)c2ccccc2)ccc1N. The van der Waals surface area contributed by atoms with Crippen LogP contribution in [0.5, 0.6) is 5.75 Å². The summed E-state index contributed by atoms with van der Waals surface area (Å²) in [7, 11) is 0. The molecule has 0 aliphatic heterocycles. The van der Waals surface area contributed by atoms with Gasteiger partial charge in [-0.25, -0.2) is 0 Å². The van der Waals surface area contributed by atoms with Crippen LogP contribution in [0.2, 0.25) is 0 Å². The molecule has 2 N–H and O–H groups in total. The molecule has 0 aromatic heterocycles. The van der Waals surface area contributed by atoms with Crippen molar-refractivity contribution in [1.29, 1.82) is 0 Å². The van der Waals surface area contributed by atoms with Gasteiger partial charge in [0.05, 0.1) is 0 Å². The minimum atomic E-state index is 0.0409. The number of rotatable bonds is 3. The van der Waals surface area contributed by atoms with Gasteiger partial charge in [0.25, 0.3) is 0 Å². The van der Waals surface area contributed by atoms with Gasteiger partial charge in [-0.2, -0.15) is 0 Å². The number of hydrogen-bond acceptors (Lipinski definition) is 2. The molecule has 17 heavy (non-hydrogen) atoms. The third kappa shape index (κ3) is 2.78. The molecule has 0 unspecified atom stereocenters. The molecule has 2 rings (SSSR count). The number of benzene rings is 2. The highest BCUT2D eigenvalue weighted by atomic mass is 16.5. The van der Waals surface area contributed by atoms with E-state index in [0.717, 1.165) is 17.0 Å². The van der Waals surface area contributed by atoms with Crippen molar-refractivity contribution in [3.8, 4) is 5.75 Å². The number of aryl methyl sites for hydroxylation is 1. The van der Waals surface area contributed by atoms with Gasteiger partial charge in [-0.05, 0) is 43.2 Å². The molecule has 0 radical (unpaired) electrons. The molecule has 2 aromatic carbocycles. The maximum Gasteiger partial charge on any atom is 0.121 e. The average molecular weight is 227 g/mol. The largest absolute Gasteiger partial charge is 0.486 e. The molecule has 0 aliphatic rings. The monoisotopic (exact) mass is 227 g/mol. The zero-order chi connectivity index (χ0) is 12.3. The maximum atomic E-state index is 5.88. The Labute approximate surface area is 102 Å². The highest BCUT2D eigenvalue weighted by Gasteiger charge is 2.06. The van der Waals surface area contributed by atoms with Crippen molar-refractivity contribution in [2.45, 2.75) is 20.0 Å². The molecular weight excluding hydrogens is 210 g/mol. The summed E-state index contributed by atoms with van der Waals surface area (Å²) in [6.45, 7) is 4.02. The Bertz CT molecular complexity index is 494. The van der Waals surface area contributed by atoms with Crippen LogP contribution in [0, 0.1) is 6.92 Å². The highest BCUT2D eigenvalue weighted by molar-refractivity contribution is 5.49. The second-order valence-electron chi connectivity index (χ2n) is 4.19. The summed E-state index contributed by atoms with van der Waals surface area (Å²) in [5.74, 6) is 0.855. The van der Waals surface area contributed by atoms with Crippen LogP contribution < -0.4 is 10.5 Å². The summed E-state index contributed by atoms with van der Waals surface area (Å²) in [6, 6.07) is 15.9. The van der Waals surface area contributed by atoms with Crippen molar-refractivity contribution >= 4 is 5.69 Å². The van der Waals surface area contributed by atoms with Gasteiger partial charge in [0.15, 0.2) is 0 Å². The first-order chi connectivity index (χ1) is 8.16. The van der Waals surface area contributed by atoms with E-state index in [4.69, 9.17) is 10.5 Å². The van der Waals surface area contributed by atoms with E-state index in [0.29, 0.717) is 0 Å². The van der Waals surface area contributed by atoms with E-state index in [2.05, 4.69) is 12.1 Å². The lowest BCUT2D eigenvalue weighted by atomic mass is 10.1. The molecule has 0 heterocycles. The first-order valence-corrected chi connectivity index (χ1v) is 5.74. The standard InChI is InChI=1S/C15H17NO/c1-11-10-14(8-9-15(11)16)17-12(2)13-6-4-3-5-7-13/h3-10,12H,16H2,1-2H3/t12-/m0/s1. The summed E-state index contributed by atoms with van der Waals surface area (Å²) in [5, 5.41) is 0. The minimum absolute atomic E-state index is 0.0409. The van der Waals surface area contributed by atoms with Gasteiger partial charge < -0.3 is 10.5 Å². The van der Waals surface area contributed by atoms with E-state index in [1.165, 1.54) is 5.56 Å². The van der Waals surface area contributed by atoms with Gasteiger partial charge in [-0.15, -0.1) is 0 Å². The van der Waals surface area contributed by atoms with Crippen molar-refractivity contribution in [2.24, 2.45) is 0 Å². The first kappa shape index (κ1) is 11.5. The summed E-state index contributed by atoms with van der Waals surface area (Å²) in [5.41, 5.74) is 8.78. The predicted octanol–water partition coefficient (Wildman–Crippen LogP) is 3.72. The highest BCUT2D eigenvalue weighted by Crippen LogP contribution is 2.24. The Morgan fingerprint density at radius 1 is 1.06 bits per heavy atom. The van der Waals surface area contributed by atoms with Crippen LogP contribution in [-0.2, 0) is 0 Å². The summed E-state index contributed by atoms with van der Waals surface area (Å²) in [6.07, 6.45) is 0.0409. The molecule has 88 valence electrons. The zero-order valence-electron chi connectivity index (χ0n) is 10.2. The van der Waals surface area contributed by atoms with E-state index < -0.39 is 0 Å². The second-order valence-corrected chi connectivity index (χ2v) is 4.19. The van der Waals surface area contributed by atoms with Crippen molar-refractivity contribution in [3.63, 3.8) is 0 Å². The van der Waals surface area contributed by atoms with Gasteiger partial charge in [0.1, 0.15) is 11.9 Å². The van der Waals surface area contributed by atoms with Gasteiger partial charge in [-0.1, -0.05) is 30.3 Å². The lowest BCUT2D eigenvalue weighted by molar-refractivity contribution is 0.227. The van der Waals surface area contributed by atoms with Gasteiger partial charge >= 0.3 is 0 Å². The second kappa shape index (κ2) is 4.91.